The predicted molar refractivity (Wildman–Crippen MR) is 95.6 cm³/mol. The van der Waals surface area contributed by atoms with Crippen LogP contribution in [0.25, 0.3) is 11.0 Å². The summed E-state index contributed by atoms with van der Waals surface area (Å²) in [6.07, 6.45) is 0.422. The maximum absolute atomic E-state index is 12.0. The van der Waals surface area contributed by atoms with Gasteiger partial charge in [0.05, 0.1) is 11.0 Å². The number of aromatic nitrogens is 4. The standard InChI is InChI=1S/C15H15N5O2S2/c1-2-23-15-20-19-14(24-15)18-12(21)8-7-11-13(22)17-10-6-4-3-5-9(10)16-11/h3-6H,2,7-8H2,1H3,(H,17,22)(H,18,19,21). The highest BCUT2D eigenvalue weighted by molar-refractivity contribution is 8.01. The molecule has 0 radical (unpaired) electrons. The molecule has 0 unspecified atom stereocenters. The zero-order chi connectivity index (χ0) is 16.9. The lowest BCUT2D eigenvalue weighted by Crippen LogP contribution is -2.18. The maximum Gasteiger partial charge on any atom is 0.270 e. The number of nitrogens with zero attached hydrogens (tertiary/aromatic N) is 3. The first-order chi connectivity index (χ1) is 11.7. The molecule has 2 heterocycles. The monoisotopic (exact) mass is 361 g/mol. The number of hydrogen-bond donors (Lipinski definition) is 2. The van der Waals surface area contributed by atoms with E-state index in [4.69, 9.17) is 0 Å². The third kappa shape index (κ3) is 3.98. The van der Waals surface area contributed by atoms with E-state index in [-0.39, 0.29) is 24.3 Å². The van der Waals surface area contributed by atoms with Crippen molar-refractivity contribution in [3.05, 3.63) is 40.3 Å². The maximum atomic E-state index is 12.0. The second kappa shape index (κ2) is 7.54. The van der Waals surface area contributed by atoms with Gasteiger partial charge < -0.3 is 10.3 Å². The molecule has 3 aromatic rings. The molecule has 0 bridgehead atoms. The van der Waals surface area contributed by atoms with E-state index < -0.39 is 0 Å². The van der Waals surface area contributed by atoms with Crippen LogP contribution < -0.4 is 10.9 Å². The normalized spacial score (nSPS) is 10.9. The number of hydrogen-bond acceptors (Lipinski definition) is 7. The zero-order valence-electron chi connectivity index (χ0n) is 12.9. The van der Waals surface area contributed by atoms with E-state index in [0.717, 1.165) is 10.1 Å². The summed E-state index contributed by atoms with van der Waals surface area (Å²) in [5.41, 5.74) is 1.48. The van der Waals surface area contributed by atoms with E-state index in [2.05, 4.69) is 25.5 Å². The van der Waals surface area contributed by atoms with Crippen LogP contribution in [0.1, 0.15) is 19.0 Å². The number of anilines is 1. The molecule has 9 heteroatoms. The van der Waals surface area contributed by atoms with Gasteiger partial charge in [0.1, 0.15) is 5.69 Å². The average Bonchev–Trinajstić information content (AvgIpc) is 3.00. The number of nitrogens with one attached hydrogen (secondary N) is 2. The van der Waals surface area contributed by atoms with Crippen LogP contribution in [0, 0.1) is 0 Å². The van der Waals surface area contributed by atoms with Crippen LogP contribution in [-0.4, -0.2) is 31.8 Å². The Bertz CT molecular complexity index is 921. The summed E-state index contributed by atoms with van der Waals surface area (Å²) in [4.78, 5) is 31.1. The lowest BCUT2D eigenvalue weighted by atomic mass is 10.2. The number of aryl methyl sites for hydroxylation is 1. The number of rotatable bonds is 6. The quantitative estimate of drug-likeness (QED) is 0.517. The van der Waals surface area contributed by atoms with Gasteiger partial charge in [-0.2, -0.15) is 0 Å². The number of carbonyl (C=O) groups is 1. The molecule has 0 atom stereocenters. The van der Waals surface area contributed by atoms with E-state index in [1.807, 2.05) is 25.1 Å². The molecule has 3 rings (SSSR count). The lowest BCUT2D eigenvalue weighted by Gasteiger charge is -2.03. The highest BCUT2D eigenvalue weighted by Gasteiger charge is 2.11. The fourth-order valence-electron chi connectivity index (χ4n) is 2.09. The van der Waals surface area contributed by atoms with Crippen molar-refractivity contribution in [1.82, 2.24) is 20.2 Å². The SMILES string of the molecule is CCSc1nnc(NC(=O)CCc2nc3ccccc3[nH]c2=O)s1. The van der Waals surface area contributed by atoms with E-state index >= 15 is 0 Å². The van der Waals surface area contributed by atoms with Crippen LogP contribution >= 0.6 is 23.1 Å². The van der Waals surface area contributed by atoms with Crippen molar-refractivity contribution in [2.45, 2.75) is 24.1 Å². The van der Waals surface area contributed by atoms with Crippen molar-refractivity contribution in [2.75, 3.05) is 11.1 Å². The first-order valence-corrected chi connectivity index (χ1v) is 9.20. The molecule has 1 aromatic carbocycles. The topological polar surface area (TPSA) is 101 Å². The molecule has 1 amide bonds. The van der Waals surface area contributed by atoms with Crippen molar-refractivity contribution in [3.8, 4) is 0 Å². The van der Waals surface area contributed by atoms with Gasteiger partial charge >= 0.3 is 0 Å². The smallest absolute Gasteiger partial charge is 0.270 e. The molecule has 7 nitrogen and oxygen atoms in total. The van der Waals surface area contributed by atoms with Crippen molar-refractivity contribution in [1.29, 1.82) is 0 Å². The predicted octanol–water partition coefficient (Wildman–Crippen LogP) is 2.46. The largest absolute Gasteiger partial charge is 0.319 e. The van der Waals surface area contributed by atoms with Gasteiger partial charge in [-0.15, -0.1) is 10.2 Å². The number of fused-ring (bicyclic) bond motifs is 1. The van der Waals surface area contributed by atoms with E-state index in [1.54, 1.807) is 17.8 Å². The molecular formula is C15H15N5O2S2. The van der Waals surface area contributed by atoms with Gasteiger partial charge in [0.25, 0.3) is 5.56 Å². The van der Waals surface area contributed by atoms with E-state index in [0.29, 0.717) is 21.9 Å². The summed E-state index contributed by atoms with van der Waals surface area (Å²) in [5, 5.41) is 11.1. The summed E-state index contributed by atoms with van der Waals surface area (Å²) in [6, 6.07) is 7.30. The number of aromatic amines is 1. The van der Waals surface area contributed by atoms with Crippen LogP contribution in [0.3, 0.4) is 0 Å². The second-order valence-corrected chi connectivity index (χ2v) is 7.37. The van der Waals surface area contributed by atoms with Gasteiger partial charge in [0, 0.05) is 12.8 Å². The highest BCUT2D eigenvalue weighted by atomic mass is 32.2. The average molecular weight is 361 g/mol. The minimum Gasteiger partial charge on any atom is -0.319 e. The molecule has 0 aliphatic rings. The Hall–Kier alpha value is -2.26. The Morgan fingerprint density at radius 2 is 2.17 bits per heavy atom. The van der Waals surface area contributed by atoms with Crippen LogP contribution in [0.15, 0.2) is 33.4 Å². The highest BCUT2D eigenvalue weighted by Crippen LogP contribution is 2.25. The molecular weight excluding hydrogens is 346 g/mol. The van der Waals surface area contributed by atoms with Gasteiger partial charge in [-0.25, -0.2) is 4.98 Å². The number of benzene rings is 1. The third-order valence-electron chi connectivity index (χ3n) is 3.18. The number of H-pyrrole nitrogens is 1. The van der Waals surface area contributed by atoms with E-state index in [1.165, 1.54) is 11.3 Å². The number of carbonyl (C=O) groups excluding carboxylic acids is 1. The minimum atomic E-state index is -0.265. The number of thioether (sulfide) groups is 1. The molecule has 0 aliphatic heterocycles. The summed E-state index contributed by atoms with van der Waals surface area (Å²) < 4.78 is 0.820. The van der Waals surface area contributed by atoms with Crippen molar-refractivity contribution in [3.63, 3.8) is 0 Å². The van der Waals surface area contributed by atoms with Crippen molar-refractivity contribution in [2.24, 2.45) is 0 Å². The van der Waals surface area contributed by atoms with E-state index in [9.17, 15) is 9.59 Å². The van der Waals surface area contributed by atoms with Crippen molar-refractivity contribution >= 4 is 45.2 Å². The number of amides is 1. The fraction of sp³-hybridized carbons (Fsp3) is 0.267. The number of para-hydroxylation sites is 2. The molecule has 0 saturated carbocycles. The first kappa shape index (κ1) is 16.6. The molecule has 24 heavy (non-hydrogen) atoms. The molecule has 0 spiro atoms. The Kier molecular flexibility index (Phi) is 5.21. The van der Waals surface area contributed by atoms with Crippen molar-refractivity contribution < 1.29 is 4.79 Å². The van der Waals surface area contributed by atoms with Crippen LogP contribution in [0.4, 0.5) is 5.13 Å². The molecule has 0 fully saturated rings. The third-order valence-corrected chi connectivity index (χ3v) is 5.03. The van der Waals surface area contributed by atoms with Crippen LogP contribution in [0.2, 0.25) is 0 Å². The van der Waals surface area contributed by atoms with Gasteiger partial charge in [-0.1, -0.05) is 42.2 Å². The fourth-order valence-corrected chi connectivity index (χ4v) is 3.76. The van der Waals surface area contributed by atoms with Gasteiger partial charge in [-0.05, 0) is 17.9 Å². The molecule has 0 aliphatic carbocycles. The minimum absolute atomic E-state index is 0.157. The van der Waals surface area contributed by atoms with Gasteiger partial charge in [-0.3, -0.25) is 9.59 Å². The summed E-state index contributed by atoms with van der Waals surface area (Å²) in [5.74, 6) is 0.687. The molecule has 124 valence electrons. The Morgan fingerprint density at radius 1 is 1.33 bits per heavy atom. The van der Waals surface area contributed by atoms with Gasteiger partial charge in [0.2, 0.25) is 11.0 Å². The summed E-state index contributed by atoms with van der Waals surface area (Å²) in [7, 11) is 0. The molecule has 2 N–H and O–H groups in total. The molecule has 2 aromatic heterocycles. The Labute approximate surface area is 145 Å². The van der Waals surface area contributed by atoms with Crippen LogP contribution in [-0.2, 0) is 11.2 Å². The van der Waals surface area contributed by atoms with Crippen LogP contribution in [0.5, 0.6) is 0 Å². The zero-order valence-corrected chi connectivity index (χ0v) is 14.5. The molecule has 0 saturated heterocycles. The first-order valence-electron chi connectivity index (χ1n) is 7.40. The Balaban J connectivity index is 1.63. The summed E-state index contributed by atoms with van der Waals surface area (Å²) in [6.45, 7) is 2.03. The lowest BCUT2D eigenvalue weighted by molar-refractivity contribution is -0.116. The second-order valence-electron chi connectivity index (χ2n) is 4.88. The van der Waals surface area contributed by atoms with Gasteiger partial charge in [0.15, 0.2) is 4.34 Å². The Morgan fingerprint density at radius 3 is 3.00 bits per heavy atom. The summed E-state index contributed by atoms with van der Waals surface area (Å²) >= 11 is 2.91.